The smallest absolute Gasteiger partial charge is 0.0141 e. The van der Waals surface area contributed by atoms with Gasteiger partial charge in [-0.1, -0.05) is 38.5 Å². The van der Waals surface area contributed by atoms with Gasteiger partial charge in [-0.25, -0.2) is 0 Å². The Morgan fingerprint density at radius 2 is 2.11 bits per heavy atom. The number of nitrogens with one attached hydrogen (secondary N) is 1. The summed E-state index contributed by atoms with van der Waals surface area (Å²) < 4.78 is 0. The van der Waals surface area contributed by atoms with E-state index in [0.717, 1.165) is 5.25 Å². The molecule has 0 spiro atoms. The van der Waals surface area contributed by atoms with Crippen LogP contribution in [-0.4, -0.2) is 17.8 Å². The van der Waals surface area contributed by atoms with Crippen molar-refractivity contribution in [2.24, 2.45) is 5.41 Å². The van der Waals surface area contributed by atoms with E-state index in [1.807, 2.05) is 0 Å². The van der Waals surface area contributed by atoms with Crippen molar-refractivity contribution in [3.05, 3.63) is 29.8 Å². The summed E-state index contributed by atoms with van der Waals surface area (Å²) >= 11 is 2.12. The van der Waals surface area contributed by atoms with Crippen LogP contribution in [0, 0.1) is 5.41 Å². The molecule has 2 aliphatic rings. The molecule has 1 aliphatic heterocycles. The van der Waals surface area contributed by atoms with Gasteiger partial charge in [0, 0.05) is 22.7 Å². The fourth-order valence-corrected chi connectivity index (χ4v) is 4.92. The maximum absolute atomic E-state index is 3.67. The molecule has 0 aromatic heterocycles. The van der Waals surface area contributed by atoms with Crippen molar-refractivity contribution in [1.29, 1.82) is 0 Å². The van der Waals surface area contributed by atoms with Crippen LogP contribution in [-0.2, 0) is 6.42 Å². The lowest BCUT2D eigenvalue weighted by Crippen LogP contribution is -2.43. The van der Waals surface area contributed by atoms with E-state index < -0.39 is 0 Å². The Morgan fingerprint density at radius 1 is 1.32 bits per heavy atom. The van der Waals surface area contributed by atoms with E-state index in [-0.39, 0.29) is 0 Å². The van der Waals surface area contributed by atoms with E-state index in [4.69, 9.17) is 0 Å². The number of hydrogen-bond acceptors (Lipinski definition) is 2. The number of fused-ring (bicyclic) bond motifs is 1. The molecule has 1 heterocycles. The van der Waals surface area contributed by atoms with Crippen LogP contribution in [0.1, 0.15) is 45.1 Å². The van der Waals surface area contributed by atoms with Crippen LogP contribution < -0.4 is 5.32 Å². The van der Waals surface area contributed by atoms with Crippen LogP contribution in [0.15, 0.2) is 29.2 Å². The minimum absolute atomic E-state index is 0.601. The number of benzene rings is 1. The first-order chi connectivity index (χ1) is 9.17. The zero-order valence-corrected chi connectivity index (χ0v) is 12.9. The summed E-state index contributed by atoms with van der Waals surface area (Å²) in [4.78, 5) is 1.53. The van der Waals surface area contributed by atoms with Crippen molar-refractivity contribution in [2.45, 2.75) is 62.1 Å². The van der Waals surface area contributed by atoms with E-state index in [0.29, 0.717) is 11.5 Å². The van der Waals surface area contributed by atoms with Gasteiger partial charge in [0.25, 0.3) is 0 Å². The van der Waals surface area contributed by atoms with Crippen LogP contribution in [0.2, 0.25) is 0 Å². The van der Waals surface area contributed by atoms with Gasteiger partial charge < -0.3 is 5.32 Å². The quantitative estimate of drug-likeness (QED) is 0.861. The van der Waals surface area contributed by atoms with Gasteiger partial charge in [0.1, 0.15) is 0 Å². The maximum Gasteiger partial charge on any atom is 0.0141 e. The molecule has 3 rings (SSSR count). The van der Waals surface area contributed by atoms with Crippen LogP contribution >= 0.6 is 11.8 Å². The van der Waals surface area contributed by atoms with Crippen LogP contribution in [0.4, 0.5) is 0 Å². The highest BCUT2D eigenvalue weighted by Gasteiger charge is 2.40. The topological polar surface area (TPSA) is 12.0 Å². The van der Waals surface area contributed by atoms with Crippen molar-refractivity contribution in [1.82, 2.24) is 5.32 Å². The maximum atomic E-state index is 3.67. The van der Waals surface area contributed by atoms with Crippen LogP contribution in [0.25, 0.3) is 0 Å². The summed E-state index contributed by atoms with van der Waals surface area (Å²) in [6, 6.07) is 9.57. The first-order valence-electron chi connectivity index (χ1n) is 7.65. The lowest BCUT2D eigenvalue weighted by molar-refractivity contribution is 0.113. The van der Waals surface area contributed by atoms with Gasteiger partial charge in [0.15, 0.2) is 0 Å². The third-order valence-corrected chi connectivity index (χ3v) is 5.99. The Kier molecular flexibility index (Phi) is 3.91. The fourth-order valence-electron chi connectivity index (χ4n) is 3.40. The average molecular weight is 275 g/mol. The Bertz CT molecular complexity index is 412. The lowest BCUT2D eigenvalue weighted by Gasteiger charge is -2.44. The Labute approximate surface area is 121 Å². The second-order valence-electron chi connectivity index (χ2n) is 6.64. The minimum Gasteiger partial charge on any atom is -0.314 e. The molecule has 1 aromatic rings. The normalized spacial score (nSPS) is 24.3. The number of hydrogen-bond donors (Lipinski definition) is 1. The molecule has 0 radical (unpaired) electrons. The fraction of sp³-hybridized carbons (Fsp3) is 0.647. The summed E-state index contributed by atoms with van der Waals surface area (Å²) in [7, 11) is 0. The van der Waals surface area contributed by atoms with Crippen molar-refractivity contribution < 1.29 is 0 Å². The van der Waals surface area contributed by atoms with Gasteiger partial charge in [-0.15, -0.1) is 11.8 Å². The molecule has 0 bridgehead atoms. The molecule has 1 atom stereocenters. The highest BCUT2D eigenvalue weighted by Crippen LogP contribution is 2.49. The zero-order valence-electron chi connectivity index (χ0n) is 12.1. The molecular formula is C17H25NS. The summed E-state index contributed by atoms with van der Waals surface area (Å²) in [6.07, 6.45) is 6.97. The van der Waals surface area contributed by atoms with Gasteiger partial charge >= 0.3 is 0 Å². The SMILES string of the molecule is CC(C)NCC1(CC2Cc3ccccc3S2)CCC1. The second kappa shape index (κ2) is 5.49. The number of rotatable bonds is 5. The molecule has 2 heteroatoms. The van der Waals surface area contributed by atoms with Crippen molar-refractivity contribution >= 4 is 11.8 Å². The molecule has 1 N–H and O–H groups in total. The Balaban J connectivity index is 1.59. The molecule has 1 aliphatic carbocycles. The molecule has 1 aromatic carbocycles. The third kappa shape index (κ3) is 3.00. The summed E-state index contributed by atoms with van der Waals surface area (Å²) in [6.45, 7) is 5.73. The van der Waals surface area contributed by atoms with Crippen LogP contribution in [0.3, 0.4) is 0 Å². The predicted molar refractivity (Wildman–Crippen MR) is 83.8 cm³/mol. The van der Waals surface area contributed by atoms with Crippen molar-refractivity contribution in [3.8, 4) is 0 Å². The second-order valence-corrected chi connectivity index (χ2v) is 7.99. The molecule has 1 nitrogen and oxygen atoms in total. The largest absolute Gasteiger partial charge is 0.314 e. The van der Waals surface area contributed by atoms with Crippen molar-refractivity contribution in [2.75, 3.05) is 6.54 Å². The van der Waals surface area contributed by atoms with E-state index in [2.05, 4.69) is 55.2 Å². The van der Waals surface area contributed by atoms with Gasteiger partial charge in [0.2, 0.25) is 0 Å². The Hall–Kier alpha value is -0.470. The molecule has 0 saturated heterocycles. The first kappa shape index (κ1) is 13.5. The molecule has 19 heavy (non-hydrogen) atoms. The molecule has 1 fully saturated rings. The molecule has 1 unspecified atom stereocenters. The summed E-state index contributed by atoms with van der Waals surface area (Å²) in [5, 5.41) is 4.49. The Morgan fingerprint density at radius 3 is 2.74 bits per heavy atom. The van der Waals surface area contributed by atoms with E-state index in [1.54, 1.807) is 5.56 Å². The average Bonchev–Trinajstić information content (AvgIpc) is 2.74. The van der Waals surface area contributed by atoms with Gasteiger partial charge in [-0.05, 0) is 42.7 Å². The zero-order chi connectivity index (χ0) is 13.3. The monoisotopic (exact) mass is 275 g/mol. The van der Waals surface area contributed by atoms with Gasteiger partial charge in [-0.2, -0.15) is 0 Å². The lowest BCUT2D eigenvalue weighted by atomic mass is 9.65. The molecule has 1 saturated carbocycles. The van der Waals surface area contributed by atoms with Gasteiger partial charge in [0.05, 0.1) is 0 Å². The molecule has 0 amide bonds. The highest BCUT2D eigenvalue weighted by atomic mass is 32.2. The summed E-state index contributed by atoms with van der Waals surface area (Å²) in [5.74, 6) is 0. The minimum atomic E-state index is 0.601. The van der Waals surface area contributed by atoms with Crippen LogP contribution in [0.5, 0.6) is 0 Å². The van der Waals surface area contributed by atoms with E-state index in [9.17, 15) is 0 Å². The highest BCUT2D eigenvalue weighted by molar-refractivity contribution is 8.00. The molecular weight excluding hydrogens is 250 g/mol. The van der Waals surface area contributed by atoms with Crippen molar-refractivity contribution in [3.63, 3.8) is 0 Å². The predicted octanol–water partition coefficient (Wildman–Crippen LogP) is 4.26. The van der Waals surface area contributed by atoms with Gasteiger partial charge in [-0.3, -0.25) is 0 Å². The first-order valence-corrected chi connectivity index (χ1v) is 8.53. The number of thioether (sulfide) groups is 1. The third-order valence-electron chi connectivity index (χ3n) is 4.67. The standard InChI is InChI=1S/C17H25NS/c1-13(2)18-12-17(8-5-9-17)11-15-10-14-6-3-4-7-16(14)19-15/h3-4,6-7,13,15,18H,5,8-12H2,1-2H3. The summed E-state index contributed by atoms with van der Waals surface area (Å²) in [5.41, 5.74) is 2.17. The van der Waals surface area contributed by atoms with E-state index >= 15 is 0 Å². The molecule has 104 valence electrons. The van der Waals surface area contributed by atoms with E-state index in [1.165, 1.54) is 43.5 Å².